The third-order valence-corrected chi connectivity index (χ3v) is 4.13. The molecule has 0 fully saturated rings. The molecule has 0 aliphatic rings. The van der Waals surface area contributed by atoms with Crippen LogP contribution in [0, 0.1) is 0 Å². The molecular weight excluding hydrogens is 387 g/mol. The largest absolute Gasteiger partial charge is 0.416 e. The van der Waals surface area contributed by atoms with Crippen molar-refractivity contribution in [3.63, 3.8) is 0 Å². The van der Waals surface area contributed by atoms with Gasteiger partial charge in [0.05, 0.1) is 12.1 Å². The van der Waals surface area contributed by atoms with Crippen molar-refractivity contribution < 1.29 is 18.0 Å². The summed E-state index contributed by atoms with van der Waals surface area (Å²) in [5.41, 5.74) is -0.410. The Morgan fingerprint density at radius 1 is 1.10 bits per heavy atom. The van der Waals surface area contributed by atoms with Crippen LogP contribution < -0.4 is 16.3 Å². The van der Waals surface area contributed by atoms with Crippen LogP contribution in [0.2, 0.25) is 0 Å². The molecule has 0 saturated heterocycles. The summed E-state index contributed by atoms with van der Waals surface area (Å²) in [7, 11) is 1.60. The average Bonchev–Trinajstić information content (AvgIpc) is 2.97. The predicted octanol–water partition coefficient (Wildman–Crippen LogP) is 3.09. The van der Waals surface area contributed by atoms with Crippen molar-refractivity contribution in [3.8, 4) is 11.4 Å². The molecule has 0 atom stereocenters. The highest BCUT2D eigenvalue weighted by Crippen LogP contribution is 2.30. The van der Waals surface area contributed by atoms with E-state index in [4.69, 9.17) is 0 Å². The molecule has 0 bridgehead atoms. The first-order valence-electron chi connectivity index (χ1n) is 8.67. The van der Waals surface area contributed by atoms with Crippen LogP contribution in [-0.4, -0.2) is 26.9 Å². The van der Waals surface area contributed by atoms with Crippen molar-refractivity contribution in [2.45, 2.75) is 12.7 Å². The molecule has 3 rings (SSSR count). The number of aromatic nitrogens is 3. The van der Waals surface area contributed by atoms with Crippen LogP contribution in [0.1, 0.15) is 5.56 Å². The highest BCUT2D eigenvalue weighted by Gasteiger charge is 2.30. The summed E-state index contributed by atoms with van der Waals surface area (Å²) in [5, 5.41) is 9.10. The van der Waals surface area contributed by atoms with Gasteiger partial charge in [-0.1, -0.05) is 36.4 Å². The number of nitrogens with zero attached hydrogens (tertiary/aromatic N) is 3. The molecule has 0 unspecified atom stereocenters. The van der Waals surface area contributed by atoms with Crippen molar-refractivity contribution in [2.24, 2.45) is 7.05 Å². The fourth-order valence-corrected chi connectivity index (χ4v) is 2.70. The maximum absolute atomic E-state index is 12.7. The van der Waals surface area contributed by atoms with Crippen LogP contribution >= 0.6 is 0 Å². The Morgan fingerprint density at radius 2 is 1.83 bits per heavy atom. The number of halogens is 3. The smallest absolute Gasteiger partial charge is 0.336 e. The van der Waals surface area contributed by atoms with Crippen molar-refractivity contribution in [3.05, 3.63) is 70.6 Å². The number of rotatable bonds is 5. The van der Waals surface area contributed by atoms with Gasteiger partial charge >= 0.3 is 17.9 Å². The van der Waals surface area contributed by atoms with Gasteiger partial charge in [-0.05, 0) is 18.2 Å². The third kappa shape index (κ3) is 4.84. The van der Waals surface area contributed by atoms with E-state index in [0.29, 0.717) is 5.82 Å². The molecule has 1 aromatic heterocycles. The molecule has 0 aliphatic heterocycles. The summed E-state index contributed by atoms with van der Waals surface area (Å²) in [6.07, 6.45) is -4.50. The van der Waals surface area contributed by atoms with Gasteiger partial charge in [0.2, 0.25) is 0 Å². The highest BCUT2D eigenvalue weighted by atomic mass is 19.4. The van der Waals surface area contributed by atoms with Gasteiger partial charge in [0.15, 0.2) is 5.82 Å². The molecule has 0 radical (unpaired) electrons. The highest BCUT2D eigenvalue weighted by molar-refractivity contribution is 5.89. The second-order valence-electron chi connectivity index (χ2n) is 6.21. The second-order valence-corrected chi connectivity index (χ2v) is 6.21. The Bertz CT molecular complexity index is 1060. The van der Waals surface area contributed by atoms with E-state index in [1.807, 2.05) is 30.3 Å². The molecule has 0 spiro atoms. The number of carbonyl (C=O) groups is 1. The summed E-state index contributed by atoms with van der Waals surface area (Å²) in [6.45, 7) is 0.172. The standard InChI is InChI=1S/C19H18F3N5O2/c1-26-16(13-6-3-2-4-7-13)25-27(18(26)29)11-10-23-17(28)24-15-9-5-8-14(12-15)19(20,21)22/h2-9,12H,10-11H2,1H3,(H2,23,24,28). The van der Waals surface area contributed by atoms with E-state index in [9.17, 15) is 22.8 Å². The Kier molecular flexibility index (Phi) is 5.71. The molecular formula is C19H18F3N5O2. The zero-order chi connectivity index (χ0) is 21.0. The summed E-state index contributed by atoms with van der Waals surface area (Å²) in [4.78, 5) is 24.2. The fourth-order valence-electron chi connectivity index (χ4n) is 2.70. The number of hydrogen-bond donors (Lipinski definition) is 2. The zero-order valence-corrected chi connectivity index (χ0v) is 15.4. The molecule has 2 amide bonds. The zero-order valence-electron chi connectivity index (χ0n) is 15.4. The van der Waals surface area contributed by atoms with E-state index in [1.165, 1.54) is 21.4 Å². The van der Waals surface area contributed by atoms with Gasteiger partial charge in [0.25, 0.3) is 0 Å². The Hall–Kier alpha value is -3.56. The first-order valence-corrected chi connectivity index (χ1v) is 8.67. The van der Waals surface area contributed by atoms with Crippen molar-refractivity contribution >= 4 is 11.7 Å². The summed E-state index contributed by atoms with van der Waals surface area (Å²) >= 11 is 0. The molecule has 2 N–H and O–H groups in total. The molecule has 152 valence electrons. The van der Waals surface area contributed by atoms with Gasteiger partial charge in [0.1, 0.15) is 0 Å². The number of carbonyl (C=O) groups excluding carboxylic acids is 1. The Balaban J connectivity index is 1.59. The maximum Gasteiger partial charge on any atom is 0.416 e. The summed E-state index contributed by atoms with van der Waals surface area (Å²) < 4.78 is 40.8. The maximum atomic E-state index is 12.7. The number of anilines is 1. The van der Waals surface area contributed by atoms with Gasteiger partial charge in [-0.25, -0.2) is 14.3 Å². The van der Waals surface area contributed by atoms with E-state index in [2.05, 4.69) is 15.7 Å². The average molecular weight is 405 g/mol. The molecule has 10 heteroatoms. The van der Waals surface area contributed by atoms with Crippen LogP contribution in [-0.2, 0) is 19.8 Å². The molecule has 0 aliphatic carbocycles. The van der Waals surface area contributed by atoms with Crippen molar-refractivity contribution in [1.29, 1.82) is 0 Å². The van der Waals surface area contributed by atoms with Crippen molar-refractivity contribution in [2.75, 3.05) is 11.9 Å². The lowest BCUT2D eigenvalue weighted by Crippen LogP contribution is -2.34. The van der Waals surface area contributed by atoms with Gasteiger partial charge in [0, 0.05) is 24.8 Å². The van der Waals surface area contributed by atoms with E-state index in [-0.39, 0.29) is 24.5 Å². The minimum absolute atomic E-state index is 0.0127. The minimum Gasteiger partial charge on any atom is -0.336 e. The number of nitrogens with one attached hydrogen (secondary N) is 2. The first-order chi connectivity index (χ1) is 13.8. The van der Waals surface area contributed by atoms with E-state index in [1.54, 1.807) is 7.05 Å². The van der Waals surface area contributed by atoms with Crippen molar-refractivity contribution in [1.82, 2.24) is 19.7 Å². The molecule has 1 heterocycles. The fraction of sp³-hybridized carbons (Fsp3) is 0.211. The van der Waals surface area contributed by atoms with Crippen LogP contribution in [0.25, 0.3) is 11.4 Å². The van der Waals surface area contributed by atoms with Gasteiger partial charge in [-0.2, -0.15) is 13.2 Å². The van der Waals surface area contributed by atoms with Gasteiger partial charge in [-0.3, -0.25) is 4.57 Å². The Morgan fingerprint density at radius 3 is 2.52 bits per heavy atom. The quantitative estimate of drug-likeness (QED) is 0.685. The normalized spacial score (nSPS) is 11.3. The van der Waals surface area contributed by atoms with Crippen LogP contribution in [0.3, 0.4) is 0 Å². The molecule has 0 saturated carbocycles. The van der Waals surface area contributed by atoms with Crippen LogP contribution in [0.15, 0.2) is 59.4 Å². The monoisotopic (exact) mass is 405 g/mol. The lowest BCUT2D eigenvalue weighted by Gasteiger charge is -2.10. The number of benzene rings is 2. The second kappa shape index (κ2) is 8.21. The topological polar surface area (TPSA) is 81.0 Å². The number of amides is 2. The third-order valence-electron chi connectivity index (χ3n) is 4.13. The molecule has 29 heavy (non-hydrogen) atoms. The summed E-state index contributed by atoms with van der Waals surface area (Å²) in [6, 6.07) is 12.8. The molecule has 7 nitrogen and oxygen atoms in total. The first kappa shape index (κ1) is 20.2. The predicted molar refractivity (Wildman–Crippen MR) is 101 cm³/mol. The van der Waals surface area contributed by atoms with E-state index in [0.717, 1.165) is 17.7 Å². The van der Waals surface area contributed by atoms with E-state index < -0.39 is 17.8 Å². The number of hydrogen-bond acceptors (Lipinski definition) is 3. The lowest BCUT2D eigenvalue weighted by molar-refractivity contribution is -0.137. The van der Waals surface area contributed by atoms with E-state index >= 15 is 0 Å². The molecule has 2 aromatic carbocycles. The van der Waals surface area contributed by atoms with Gasteiger partial charge < -0.3 is 10.6 Å². The summed E-state index contributed by atoms with van der Waals surface area (Å²) in [5.74, 6) is 0.490. The lowest BCUT2D eigenvalue weighted by atomic mass is 10.2. The van der Waals surface area contributed by atoms with Crippen LogP contribution in [0.4, 0.5) is 23.7 Å². The molecule has 3 aromatic rings. The Labute approximate surface area is 163 Å². The van der Waals surface area contributed by atoms with Gasteiger partial charge in [-0.15, -0.1) is 5.10 Å². The number of alkyl halides is 3. The SMILES string of the molecule is Cn1c(-c2ccccc2)nn(CCNC(=O)Nc2cccc(C(F)(F)F)c2)c1=O. The minimum atomic E-state index is -4.50. The van der Waals surface area contributed by atoms with Crippen LogP contribution in [0.5, 0.6) is 0 Å². The number of urea groups is 1.